The molecule has 5 heteroatoms. The minimum atomic E-state index is 0.0357. The highest BCUT2D eigenvalue weighted by Gasteiger charge is 2.41. The summed E-state index contributed by atoms with van der Waals surface area (Å²) in [5.74, 6) is 2.25. The van der Waals surface area contributed by atoms with Gasteiger partial charge >= 0.3 is 0 Å². The van der Waals surface area contributed by atoms with Crippen LogP contribution in [0.3, 0.4) is 0 Å². The number of rotatable bonds is 3. The van der Waals surface area contributed by atoms with Crippen molar-refractivity contribution in [1.29, 1.82) is 0 Å². The zero-order chi connectivity index (χ0) is 16.4. The number of hydrogen-bond donors (Lipinski definition) is 2. The molecule has 23 heavy (non-hydrogen) atoms. The van der Waals surface area contributed by atoms with Gasteiger partial charge in [-0.2, -0.15) is 0 Å². The van der Waals surface area contributed by atoms with Crippen LogP contribution in [0.5, 0.6) is 0 Å². The summed E-state index contributed by atoms with van der Waals surface area (Å²) in [6, 6.07) is 0.330. The molecular weight excluding hydrogens is 290 g/mol. The highest BCUT2D eigenvalue weighted by atomic mass is 16.2. The van der Waals surface area contributed by atoms with Gasteiger partial charge in [0, 0.05) is 38.5 Å². The molecule has 0 radical (unpaired) electrons. The normalized spacial score (nSPS) is 35.0. The van der Waals surface area contributed by atoms with Crippen molar-refractivity contribution in [3.63, 3.8) is 0 Å². The van der Waals surface area contributed by atoms with Crippen LogP contribution in [0.4, 0.5) is 0 Å². The van der Waals surface area contributed by atoms with E-state index in [1.165, 1.54) is 19.3 Å². The maximum atomic E-state index is 12.9. The molecular formula is C18H31N3O2. The minimum Gasteiger partial charge on any atom is -0.356 e. The van der Waals surface area contributed by atoms with E-state index in [1.54, 1.807) is 6.92 Å². The lowest BCUT2D eigenvalue weighted by Crippen LogP contribution is -2.51. The van der Waals surface area contributed by atoms with E-state index >= 15 is 0 Å². The lowest BCUT2D eigenvalue weighted by molar-refractivity contribution is -0.140. The number of nitrogens with zero attached hydrogens (tertiary/aromatic N) is 1. The fourth-order valence-corrected chi connectivity index (χ4v) is 4.89. The highest BCUT2D eigenvalue weighted by Crippen LogP contribution is 2.42. The van der Waals surface area contributed by atoms with Crippen LogP contribution >= 0.6 is 0 Å². The molecule has 1 aliphatic heterocycles. The zero-order valence-electron chi connectivity index (χ0n) is 14.3. The average molecular weight is 321 g/mol. The monoisotopic (exact) mass is 321 g/mol. The summed E-state index contributed by atoms with van der Waals surface area (Å²) in [6.45, 7) is 4.01. The van der Waals surface area contributed by atoms with Crippen molar-refractivity contribution in [2.45, 2.75) is 57.9 Å². The fraction of sp³-hybridized carbons (Fsp3) is 0.889. The van der Waals surface area contributed by atoms with Crippen LogP contribution in [0.25, 0.3) is 0 Å². The Hall–Kier alpha value is -1.10. The highest BCUT2D eigenvalue weighted by molar-refractivity contribution is 5.79. The van der Waals surface area contributed by atoms with Gasteiger partial charge in [0.15, 0.2) is 0 Å². The quantitative estimate of drug-likeness (QED) is 0.827. The molecule has 0 aromatic heterocycles. The third-order valence-corrected chi connectivity index (χ3v) is 6.33. The molecule has 130 valence electrons. The van der Waals surface area contributed by atoms with Crippen LogP contribution in [-0.2, 0) is 9.59 Å². The Bertz CT molecular complexity index is 432. The summed E-state index contributed by atoms with van der Waals surface area (Å²) < 4.78 is 0. The molecule has 2 aliphatic carbocycles. The Morgan fingerprint density at radius 1 is 1.09 bits per heavy atom. The number of carbonyl (C=O) groups excluding carboxylic acids is 2. The average Bonchev–Trinajstić information content (AvgIpc) is 2.52. The number of piperidine rings is 1. The molecule has 2 saturated carbocycles. The van der Waals surface area contributed by atoms with Gasteiger partial charge in [0.2, 0.25) is 11.8 Å². The van der Waals surface area contributed by atoms with E-state index in [-0.39, 0.29) is 11.8 Å². The number of nitrogens with two attached hydrogens (primary N) is 1. The van der Waals surface area contributed by atoms with Crippen molar-refractivity contribution >= 4 is 11.8 Å². The summed E-state index contributed by atoms with van der Waals surface area (Å²) in [6.07, 6.45) is 7.72. The predicted octanol–water partition coefficient (Wildman–Crippen LogP) is 1.51. The third-order valence-electron chi connectivity index (χ3n) is 6.33. The standard InChI is InChI=1S/C18H31N3O2/c1-12(22)20-11-13-5-7-21(8-6-13)18(23)16-9-14-3-2-4-15(10-16)17(14)19/h13-17H,2-11,19H2,1H3,(H,20,22). The van der Waals surface area contributed by atoms with E-state index in [1.807, 2.05) is 0 Å². The van der Waals surface area contributed by atoms with Crippen LogP contribution in [0.2, 0.25) is 0 Å². The van der Waals surface area contributed by atoms with E-state index in [0.717, 1.165) is 45.3 Å². The van der Waals surface area contributed by atoms with Gasteiger partial charge in [-0.1, -0.05) is 6.42 Å². The number of likely N-dealkylation sites (tertiary alicyclic amines) is 1. The summed E-state index contributed by atoms with van der Waals surface area (Å²) in [7, 11) is 0. The number of hydrogen-bond acceptors (Lipinski definition) is 3. The molecule has 2 atom stereocenters. The number of amides is 2. The SMILES string of the molecule is CC(=O)NCC1CCN(C(=O)C2CC3CCCC(C2)C3N)CC1. The van der Waals surface area contributed by atoms with Gasteiger partial charge in [0.1, 0.15) is 0 Å². The molecule has 1 heterocycles. The Morgan fingerprint density at radius 3 is 2.26 bits per heavy atom. The number of fused-ring (bicyclic) bond motifs is 2. The third kappa shape index (κ3) is 3.87. The van der Waals surface area contributed by atoms with Crippen molar-refractivity contribution in [3.05, 3.63) is 0 Å². The molecule has 1 saturated heterocycles. The van der Waals surface area contributed by atoms with Gasteiger partial charge in [-0.05, 0) is 56.3 Å². The molecule has 3 fully saturated rings. The molecule has 2 amide bonds. The van der Waals surface area contributed by atoms with Gasteiger partial charge in [0.05, 0.1) is 0 Å². The summed E-state index contributed by atoms with van der Waals surface area (Å²) in [5, 5.41) is 2.90. The first-order valence-electron chi connectivity index (χ1n) is 9.33. The largest absolute Gasteiger partial charge is 0.356 e. The molecule has 5 nitrogen and oxygen atoms in total. The van der Waals surface area contributed by atoms with Crippen molar-refractivity contribution in [2.24, 2.45) is 29.4 Å². The van der Waals surface area contributed by atoms with E-state index in [0.29, 0.717) is 29.7 Å². The van der Waals surface area contributed by atoms with E-state index < -0.39 is 0 Å². The fourth-order valence-electron chi connectivity index (χ4n) is 4.89. The topological polar surface area (TPSA) is 75.4 Å². The maximum absolute atomic E-state index is 12.9. The lowest BCUT2D eigenvalue weighted by Gasteiger charge is -2.45. The van der Waals surface area contributed by atoms with Crippen LogP contribution in [-0.4, -0.2) is 42.4 Å². The Morgan fingerprint density at radius 2 is 1.70 bits per heavy atom. The second kappa shape index (κ2) is 7.20. The van der Waals surface area contributed by atoms with Crippen LogP contribution in [0.1, 0.15) is 51.9 Å². The number of carbonyl (C=O) groups is 2. The summed E-state index contributed by atoms with van der Waals surface area (Å²) in [4.78, 5) is 26.0. The second-order valence-electron chi connectivity index (χ2n) is 7.90. The maximum Gasteiger partial charge on any atom is 0.225 e. The summed E-state index contributed by atoms with van der Waals surface area (Å²) in [5.41, 5.74) is 6.34. The van der Waals surface area contributed by atoms with Crippen molar-refractivity contribution in [1.82, 2.24) is 10.2 Å². The van der Waals surface area contributed by atoms with Gasteiger partial charge < -0.3 is 16.0 Å². The van der Waals surface area contributed by atoms with Gasteiger partial charge in [-0.25, -0.2) is 0 Å². The van der Waals surface area contributed by atoms with Crippen molar-refractivity contribution in [3.8, 4) is 0 Å². The van der Waals surface area contributed by atoms with Crippen molar-refractivity contribution < 1.29 is 9.59 Å². The first-order valence-corrected chi connectivity index (χ1v) is 9.33. The van der Waals surface area contributed by atoms with Gasteiger partial charge in [-0.15, -0.1) is 0 Å². The van der Waals surface area contributed by atoms with E-state index in [2.05, 4.69) is 10.2 Å². The van der Waals surface area contributed by atoms with Gasteiger partial charge in [0.25, 0.3) is 0 Å². The molecule has 3 rings (SSSR count). The van der Waals surface area contributed by atoms with Crippen LogP contribution in [0, 0.1) is 23.7 Å². The molecule has 0 aromatic rings. The molecule has 2 unspecified atom stereocenters. The van der Waals surface area contributed by atoms with E-state index in [4.69, 9.17) is 5.73 Å². The molecule has 0 spiro atoms. The first kappa shape index (κ1) is 16.7. The molecule has 3 N–H and O–H groups in total. The zero-order valence-corrected chi connectivity index (χ0v) is 14.3. The Balaban J connectivity index is 1.49. The minimum absolute atomic E-state index is 0.0357. The van der Waals surface area contributed by atoms with Crippen LogP contribution in [0.15, 0.2) is 0 Å². The second-order valence-corrected chi connectivity index (χ2v) is 7.90. The smallest absolute Gasteiger partial charge is 0.225 e. The number of nitrogens with one attached hydrogen (secondary N) is 1. The first-order chi connectivity index (χ1) is 11.0. The Labute approximate surface area is 139 Å². The van der Waals surface area contributed by atoms with Crippen molar-refractivity contribution in [2.75, 3.05) is 19.6 Å². The Kier molecular flexibility index (Phi) is 5.24. The molecule has 3 aliphatic rings. The lowest BCUT2D eigenvalue weighted by atomic mass is 9.65. The van der Waals surface area contributed by atoms with Crippen LogP contribution < -0.4 is 11.1 Å². The molecule has 2 bridgehead atoms. The molecule has 0 aromatic carbocycles. The van der Waals surface area contributed by atoms with E-state index in [9.17, 15) is 9.59 Å². The predicted molar refractivity (Wildman–Crippen MR) is 89.5 cm³/mol. The van der Waals surface area contributed by atoms with Gasteiger partial charge in [-0.3, -0.25) is 9.59 Å². The summed E-state index contributed by atoms with van der Waals surface area (Å²) >= 11 is 0.